The Morgan fingerprint density at radius 3 is 2.69 bits per heavy atom. The Morgan fingerprint density at radius 2 is 2.03 bits per heavy atom. The second-order valence-corrected chi connectivity index (χ2v) is 9.72. The monoisotopic (exact) mass is 459 g/mol. The van der Waals surface area contributed by atoms with Crippen molar-refractivity contribution < 1.29 is 19.1 Å². The van der Waals surface area contributed by atoms with Crippen LogP contribution in [0.15, 0.2) is 56.9 Å². The third-order valence-electron chi connectivity index (χ3n) is 5.50. The maximum atomic E-state index is 13.2. The van der Waals surface area contributed by atoms with E-state index in [9.17, 15) is 14.7 Å². The molecule has 32 heavy (non-hydrogen) atoms. The summed E-state index contributed by atoms with van der Waals surface area (Å²) in [5, 5.41) is 14.3. The zero-order valence-corrected chi connectivity index (χ0v) is 19.4. The number of benzene rings is 1. The highest BCUT2D eigenvalue weighted by Crippen LogP contribution is 2.32. The van der Waals surface area contributed by atoms with Crippen LogP contribution in [0.5, 0.6) is 5.75 Å². The molecule has 1 amide bonds. The number of carbonyl (C=O) groups is 1. The molecule has 0 aliphatic heterocycles. The number of hydrogen-bond acceptors (Lipinski definition) is 5. The molecule has 3 rings (SSSR count). The largest absolute Gasteiger partial charge is 0.481 e. The molecule has 2 N–H and O–H groups in total. The first kappa shape index (κ1) is 24.1. The van der Waals surface area contributed by atoms with Gasteiger partial charge in [-0.05, 0) is 36.2 Å². The number of carbonyl (C=O) groups excluding carboxylic acids is 1. The number of halogens is 1. The summed E-state index contributed by atoms with van der Waals surface area (Å²) in [6.07, 6.45) is 4.58. The van der Waals surface area contributed by atoms with Gasteiger partial charge in [-0.15, -0.1) is 0 Å². The van der Waals surface area contributed by atoms with Gasteiger partial charge in [-0.2, -0.15) is 0 Å². The molecular weight excluding hydrogens is 430 g/mol. The highest BCUT2D eigenvalue weighted by Gasteiger charge is 2.31. The Balaban J connectivity index is 1.86. The number of aliphatic hydroxyl groups excluding tert-OH is 1. The van der Waals surface area contributed by atoms with Crippen LogP contribution in [0.2, 0.25) is 0 Å². The van der Waals surface area contributed by atoms with E-state index in [1.165, 1.54) is 0 Å². The van der Waals surface area contributed by atoms with Crippen LogP contribution < -0.4 is 15.5 Å². The predicted molar refractivity (Wildman–Crippen MR) is 124 cm³/mol. The Kier molecular flexibility index (Phi) is 7.80. The number of nitrogens with one attached hydrogen (secondary N) is 1. The fourth-order valence-corrected chi connectivity index (χ4v) is 3.89. The summed E-state index contributed by atoms with van der Waals surface area (Å²) < 4.78 is 11.3. The van der Waals surface area contributed by atoms with Gasteiger partial charge in [0.25, 0.3) is 5.91 Å². The van der Waals surface area contributed by atoms with Gasteiger partial charge in [-0.3, -0.25) is 9.59 Å². The molecule has 2 atom stereocenters. The van der Waals surface area contributed by atoms with Crippen LogP contribution in [0.4, 0.5) is 0 Å². The number of amides is 1. The van der Waals surface area contributed by atoms with Gasteiger partial charge in [0, 0.05) is 11.6 Å². The zero-order valence-electron chi connectivity index (χ0n) is 18.7. The molecule has 1 heterocycles. The van der Waals surface area contributed by atoms with E-state index in [-0.39, 0.29) is 29.6 Å². The molecule has 172 valence electrons. The van der Waals surface area contributed by atoms with Gasteiger partial charge in [-0.1, -0.05) is 68.8 Å². The van der Waals surface area contributed by atoms with Crippen molar-refractivity contribution in [3.63, 3.8) is 0 Å². The molecule has 0 fully saturated rings. The van der Waals surface area contributed by atoms with E-state index in [0.717, 1.165) is 29.7 Å². The molecule has 2 aromatic rings. The Hall–Kier alpha value is -2.57. The molecule has 6 nitrogen and oxygen atoms in total. The predicted octanol–water partition coefficient (Wildman–Crippen LogP) is 4.95. The highest BCUT2D eigenvalue weighted by molar-refractivity contribution is 6.29. The minimum absolute atomic E-state index is 0.0568. The average Bonchev–Trinajstić information content (AvgIpc) is 2.76. The number of rotatable bonds is 7. The first-order valence-corrected chi connectivity index (χ1v) is 11.2. The topological polar surface area (TPSA) is 88.8 Å². The second kappa shape index (κ2) is 10.4. The maximum absolute atomic E-state index is 13.2. The van der Waals surface area contributed by atoms with Gasteiger partial charge < -0.3 is 19.6 Å². The minimum Gasteiger partial charge on any atom is -0.481 e. The summed E-state index contributed by atoms with van der Waals surface area (Å²) >= 11 is 6.12. The van der Waals surface area contributed by atoms with E-state index < -0.39 is 22.9 Å². The number of allylic oxidation sites excluding steroid dienone is 2. The van der Waals surface area contributed by atoms with Crippen LogP contribution >= 0.6 is 11.6 Å². The van der Waals surface area contributed by atoms with Gasteiger partial charge >= 0.3 is 0 Å². The van der Waals surface area contributed by atoms with E-state index >= 15 is 0 Å². The van der Waals surface area contributed by atoms with E-state index in [2.05, 4.69) is 5.32 Å². The molecule has 7 heteroatoms. The normalized spacial score (nSPS) is 17.4. The summed E-state index contributed by atoms with van der Waals surface area (Å²) in [7, 11) is 0. The molecule has 0 bridgehead atoms. The molecule has 0 radical (unpaired) electrons. The molecule has 1 aliphatic carbocycles. The van der Waals surface area contributed by atoms with E-state index in [1.54, 1.807) is 0 Å². The second-order valence-electron chi connectivity index (χ2n) is 9.23. The van der Waals surface area contributed by atoms with Crippen molar-refractivity contribution in [2.24, 2.45) is 11.3 Å². The van der Waals surface area contributed by atoms with Crippen LogP contribution in [0.3, 0.4) is 0 Å². The third kappa shape index (κ3) is 6.02. The average molecular weight is 460 g/mol. The quantitative estimate of drug-likeness (QED) is 0.611. The van der Waals surface area contributed by atoms with Crippen molar-refractivity contribution in [2.45, 2.75) is 52.7 Å². The molecular formula is C25H30ClNO5. The van der Waals surface area contributed by atoms with Crippen molar-refractivity contribution in [2.75, 3.05) is 6.54 Å². The van der Waals surface area contributed by atoms with Crippen LogP contribution in [0, 0.1) is 11.3 Å². The first-order valence-electron chi connectivity index (χ1n) is 10.8. The molecule has 1 aromatic heterocycles. The van der Waals surface area contributed by atoms with Crippen LogP contribution in [0.1, 0.15) is 67.8 Å². The standard InChI is InChI=1S/C25H30ClNO5/c1-25(2,3)23(29)19-15-32-22(24(30)27-13-17-10-7-11-18(26)12-17)21(20(19)28)31-14-16-8-5-4-6-9-16/h4-6,8-9,11,15,17,23,29H,7,10,12-14H2,1-3H3,(H,27,30). The molecule has 0 saturated heterocycles. The fraction of sp³-hybridized carbons (Fsp3) is 0.440. The van der Waals surface area contributed by atoms with E-state index in [0.29, 0.717) is 13.0 Å². The van der Waals surface area contributed by atoms with E-state index in [1.807, 2.05) is 57.2 Å². The third-order valence-corrected chi connectivity index (χ3v) is 5.81. The summed E-state index contributed by atoms with van der Waals surface area (Å²) in [5.41, 5.74) is -0.253. The number of hydrogen-bond donors (Lipinski definition) is 2. The van der Waals surface area contributed by atoms with Gasteiger partial charge in [-0.25, -0.2) is 0 Å². The zero-order chi connectivity index (χ0) is 23.3. The van der Waals surface area contributed by atoms with Crippen molar-refractivity contribution in [3.8, 4) is 5.75 Å². The van der Waals surface area contributed by atoms with Crippen molar-refractivity contribution >= 4 is 17.5 Å². The molecule has 1 aromatic carbocycles. The summed E-state index contributed by atoms with van der Waals surface area (Å²) in [6, 6.07) is 9.31. The Bertz CT molecular complexity index is 1020. The SMILES string of the molecule is CC(C)(C)C(O)c1coc(C(=O)NCC2CCC=C(Cl)C2)c(OCc2ccccc2)c1=O. The summed E-state index contributed by atoms with van der Waals surface area (Å²) in [4.78, 5) is 26.1. The minimum atomic E-state index is -1.08. The van der Waals surface area contributed by atoms with Crippen LogP contribution in [-0.2, 0) is 6.61 Å². The van der Waals surface area contributed by atoms with Crippen LogP contribution in [-0.4, -0.2) is 17.6 Å². The molecule has 2 unspecified atom stereocenters. The van der Waals surface area contributed by atoms with Crippen LogP contribution in [0.25, 0.3) is 0 Å². The molecule has 0 saturated carbocycles. The summed E-state index contributed by atoms with van der Waals surface area (Å²) in [5.74, 6) is -0.714. The van der Waals surface area contributed by atoms with Crippen molar-refractivity contribution in [3.05, 3.63) is 74.8 Å². The molecule has 0 spiro atoms. The maximum Gasteiger partial charge on any atom is 0.291 e. The van der Waals surface area contributed by atoms with Gasteiger partial charge in [0.2, 0.25) is 16.9 Å². The molecule has 1 aliphatic rings. The number of ether oxygens (including phenoxy) is 1. The summed E-state index contributed by atoms with van der Waals surface area (Å²) in [6.45, 7) is 5.94. The lowest BCUT2D eigenvalue weighted by molar-refractivity contribution is 0.0589. The lowest BCUT2D eigenvalue weighted by Crippen LogP contribution is -2.32. The Labute approximate surface area is 193 Å². The van der Waals surface area contributed by atoms with E-state index in [4.69, 9.17) is 20.8 Å². The highest BCUT2D eigenvalue weighted by atomic mass is 35.5. The number of aliphatic hydroxyl groups is 1. The lowest BCUT2D eigenvalue weighted by atomic mass is 9.85. The lowest BCUT2D eigenvalue weighted by Gasteiger charge is -2.25. The fourth-order valence-electron chi connectivity index (χ4n) is 3.56. The smallest absolute Gasteiger partial charge is 0.291 e. The van der Waals surface area contributed by atoms with Crippen molar-refractivity contribution in [1.82, 2.24) is 5.32 Å². The first-order chi connectivity index (χ1) is 15.2. The van der Waals surface area contributed by atoms with Gasteiger partial charge in [0.05, 0.1) is 11.7 Å². The van der Waals surface area contributed by atoms with Crippen molar-refractivity contribution in [1.29, 1.82) is 0 Å². The van der Waals surface area contributed by atoms with Gasteiger partial charge in [0.15, 0.2) is 0 Å². The van der Waals surface area contributed by atoms with Gasteiger partial charge in [0.1, 0.15) is 12.9 Å². The Morgan fingerprint density at radius 1 is 1.31 bits per heavy atom.